The minimum atomic E-state index is 0.561. The third kappa shape index (κ3) is 2.44. The van der Waals surface area contributed by atoms with Crippen molar-refractivity contribution >= 4 is 6.72 Å². The van der Waals surface area contributed by atoms with Crippen LogP contribution in [-0.4, -0.2) is 23.6 Å². The molecule has 0 amide bonds. The average Bonchev–Trinajstić information content (AvgIpc) is 2.85. The number of ether oxygens (including phenoxy) is 1. The highest BCUT2D eigenvalue weighted by molar-refractivity contribution is 5.45. The van der Waals surface area contributed by atoms with Crippen molar-refractivity contribution in [3.8, 4) is 11.4 Å². The summed E-state index contributed by atoms with van der Waals surface area (Å²) in [4.78, 5) is 0. The van der Waals surface area contributed by atoms with Gasteiger partial charge in [0.2, 0.25) is 0 Å². The van der Waals surface area contributed by atoms with E-state index in [-0.39, 0.29) is 0 Å². The van der Waals surface area contributed by atoms with E-state index in [1.165, 1.54) is 0 Å². The van der Waals surface area contributed by atoms with Crippen molar-refractivity contribution in [1.82, 2.24) is 15.2 Å². The van der Waals surface area contributed by atoms with Gasteiger partial charge in [-0.25, -0.2) is 4.68 Å². The SMILES string of the molecule is C=NNCc1ccn(-c2ccccc2OC)n1. The van der Waals surface area contributed by atoms with Gasteiger partial charge in [-0.1, -0.05) is 12.1 Å². The minimum Gasteiger partial charge on any atom is -0.494 e. The number of hydrogen-bond donors (Lipinski definition) is 1. The van der Waals surface area contributed by atoms with Gasteiger partial charge in [0.25, 0.3) is 0 Å². The molecule has 1 heterocycles. The van der Waals surface area contributed by atoms with Crippen molar-refractivity contribution in [2.45, 2.75) is 6.54 Å². The Morgan fingerprint density at radius 1 is 1.41 bits per heavy atom. The van der Waals surface area contributed by atoms with Crippen LogP contribution >= 0.6 is 0 Å². The van der Waals surface area contributed by atoms with Gasteiger partial charge in [-0.2, -0.15) is 10.2 Å². The van der Waals surface area contributed by atoms with Gasteiger partial charge in [0.05, 0.1) is 19.3 Å². The number of benzene rings is 1. The van der Waals surface area contributed by atoms with Crippen molar-refractivity contribution in [1.29, 1.82) is 0 Å². The summed E-state index contributed by atoms with van der Waals surface area (Å²) in [6.07, 6.45) is 1.89. The summed E-state index contributed by atoms with van der Waals surface area (Å²) in [5, 5.41) is 7.99. The highest BCUT2D eigenvalue weighted by atomic mass is 16.5. The molecule has 0 bridgehead atoms. The molecule has 1 N–H and O–H groups in total. The first-order chi connectivity index (χ1) is 8.35. The van der Waals surface area contributed by atoms with Crippen LogP contribution in [0, 0.1) is 0 Å². The Bertz CT molecular complexity index is 507. The zero-order valence-corrected chi connectivity index (χ0v) is 9.63. The minimum absolute atomic E-state index is 0.561. The fourth-order valence-corrected chi connectivity index (χ4v) is 1.55. The van der Waals surface area contributed by atoms with Gasteiger partial charge in [-0.05, 0) is 18.2 Å². The second kappa shape index (κ2) is 5.16. The van der Waals surface area contributed by atoms with Gasteiger partial charge in [0.1, 0.15) is 11.4 Å². The summed E-state index contributed by atoms with van der Waals surface area (Å²) in [7, 11) is 1.65. The highest BCUT2D eigenvalue weighted by Gasteiger charge is 2.05. The van der Waals surface area contributed by atoms with Crippen molar-refractivity contribution in [2.75, 3.05) is 7.11 Å². The van der Waals surface area contributed by atoms with Crippen LogP contribution in [0.3, 0.4) is 0 Å². The smallest absolute Gasteiger partial charge is 0.144 e. The molecular formula is C12H14N4O. The molecule has 5 heteroatoms. The maximum absolute atomic E-state index is 5.29. The molecule has 1 aromatic carbocycles. The predicted octanol–water partition coefficient (Wildman–Crippen LogP) is 1.59. The van der Waals surface area contributed by atoms with Crippen molar-refractivity contribution in [3.05, 3.63) is 42.2 Å². The summed E-state index contributed by atoms with van der Waals surface area (Å²) in [6, 6.07) is 9.65. The Balaban J connectivity index is 2.27. The zero-order valence-electron chi connectivity index (χ0n) is 9.63. The molecule has 0 atom stereocenters. The summed E-state index contributed by atoms with van der Waals surface area (Å²) < 4.78 is 7.06. The van der Waals surface area contributed by atoms with Crippen molar-refractivity contribution in [2.24, 2.45) is 5.10 Å². The number of nitrogens with one attached hydrogen (secondary N) is 1. The lowest BCUT2D eigenvalue weighted by atomic mass is 10.3. The Kier molecular flexibility index (Phi) is 3.40. The van der Waals surface area contributed by atoms with E-state index in [9.17, 15) is 0 Å². The van der Waals surface area contributed by atoms with Crippen LogP contribution in [0.5, 0.6) is 5.75 Å². The van der Waals surface area contributed by atoms with Gasteiger partial charge in [0, 0.05) is 12.9 Å². The molecule has 0 saturated carbocycles. The van der Waals surface area contributed by atoms with E-state index < -0.39 is 0 Å². The second-order valence-corrected chi connectivity index (χ2v) is 3.42. The highest BCUT2D eigenvalue weighted by Crippen LogP contribution is 2.21. The van der Waals surface area contributed by atoms with Crippen LogP contribution in [0.15, 0.2) is 41.6 Å². The fraction of sp³-hybridized carbons (Fsp3) is 0.167. The van der Waals surface area contributed by atoms with E-state index in [1.807, 2.05) is 36.5 Å². The lowest BCUT2D eigenvalue weighted by Crippen LogP contribution is -2.05. The van der Waals surface area contributed by atoms with Crippen molar-refractivity contribution in [3.63, 3.8) is 0 Å². The largest absolute Gasteiger partial charge is 0.494 e. The van der Waals surface area contributed by atoms with Crippen molar-refractivity contribution < 1.29 is 4.74 Å². The van der Waals surface area contributed by atoms with Gasteiger partial charge in [-0.15, -0.1) is 0 Å². The number of rotatable bonds is 5. The van der Waals surface area contributed by atoms with Crippen LogP contribution < -0.4 is 10.2 Å². The Morgan fingerprint density at radius 3 is 3.00 bits per heavy atom. The average molecular weight is 230 g/mol. The third-order valence-corrected chi connectivity index (χ3v) is 2.35. The molecule has 1 aromatic heterocycles. The van der Waals surface area contributed by atoms with Crippen LogP contribution in [-0.2, 0) is 6.54 Å². The molecule has 0 aliphatic heterocycles. The monoisotopic (exact) mass is 230 g/mol. The lowest BCUT2D eigenvalue weighted by Gasteiger charge is -2.07. The van der Waals surface area contributed by atoms with Gasteiger partial charge < -0.3 is 10.2 Å². The molecule has 0 aliphatic carbocycles. The number of methoxy groups -OCH3 is 1. The van der Waals surface area contributed by atoms with E-state index in [1.54, 1.807) is 11.8 Å². The molecule has 0 fully saturated rings. The van der Waals surface area contributed by atoms with E-state index in [2.05, 4.69) is 22.3 Å². The summed E-state index contributed by atoms with van der Waals surface area (Å²) in [6.45, 7) is 3.91. The fourth-order valence-electron chi connectivity index (χ4n) is 1.55. The van der Waals surface area contributed by atoms with E-state index >= 15 is 0 Å². The molecule has 2 rings (SSSR count). The molecule has 0 unspecified atom stereocenters. The number of nitrogens with zero attached hydrogens (tertiary/aromatic N) is 3. The summed E-state index contributed by atoms with van der Waals surface area (Å²) >= 11 is 0. The Labute approximate surface area is 99.7 Å². The molecular weight excluding hydrogens is 216 g/mol. The maximum atomic E-state index is 5.29. The number of hydrogen-bond acceptors (Lipinski definition) is 4. The van der Waals surface area contributed by atoms with Crippen LogP contribution in [0.4, 0.5) is 0 Å². The topological polar surface area (TPSA) is 51.4 Å². The molecule has 0 radical (unpaired) electrons. The Hall–Kier alpha value is -2.30. The van der Waals surface area contributed by atoms with Crippen LogP contribution in [0.25, 0.3) is 5.69 Å². The first-order valence-corrected chi connectivity index (χ1v) is 5.21. The molecule has 0 saturated heterocycles. The summed E-state index contributed by atoms with van der Waals surface area (Å²) in [5.41, 5.74) is 4.57. The predicted molar refractivity (Wildman–Crippen MR) is 66.5 cm³/mol. The molecule has 2 aromatic rings. The molecule has 0 aliphatic rings. The molecule has 0 spiro atoms. The molecule has 17 heavy (non-hydrogen) atoms. The van der Waals surface area contributed by atoms with Gasteiger partial charge >= 0.3 is 0 Å². The third-order valence-electron chi connectivity index (χ3n) is 2.35. The first kappa shape index (κ1) is 11.2. The standard InChI is InChI=1S/C12H14N4O/c1-13-14-9-10-7-8-16(15-10)11-5-3-4-6-12(11)17-2/h3-8,14H,1,9H2,2H3. The van der Waals surface area contributed by atoms with Gasteiger partial charge in [0.15, 0.2) is 0 Å². The van der Waals surface area contributed by atoms with E-state index in [0.29, 0.717) is 6.54 Å². The molecule has 5 nitrogen and oxygen atoms in total. The normalized spacial score (nSPS) is 9.94. The second-order valence-electron chi connectivity index (χ2n) is 3.42. The van der Waals surface area contributed by atoms with E-state index in [0.717, 1.165) is 17.1 Å². The lowest BCUT2D eigenvalue weighted by molar-refractivity contribution is 0.411. The molecule has 88 valence electrons. The number of hydrazone groups is 1. The number of aromatic nitrogens is 2. The number of para-hydroxylation sites is 2. The quantitative estimate of drug-likeness (QED) is 0.627. The van der Waals surface area contributed by atoms with Gasteiger partial charge in [-0.3, -0.25) is 0 Å². The maximum Gasteiger partial charge on any atom is 0.144 e. The summed E-state index contributed by atoms with van der Waals surface area (Å²) in [5.74, 6) is 0.789. The first-order valence-electron chi connectivity index (χ1n) is 5.21. The Morgan fingerprint density at radius 2 is 2.24 bits per heavy atom. The van der Waals surface area contributed by atoms with Crippen LogP contribution in [0.1, 0.15) is 5.69 Å². The zero-order chi connectivity index (χ0) is 12.1. The van der Waals surface area contributed by atoms with E-state index in [4.69, 9.17) is 4.74 Å². The van der Waals surface area contributed by atoms with Crippen LogP contribution in [0.2, 0.25) is 0 Å².